The molecule has 4 nitrogen and oxygen atoms in total. The normalized spacial score (nSPS) is 11.1. The fraction of sp³-hybridized carbons (Fsp3) is 0.455. The molecule has 0 radical (unpaired) electrons. The zero-order valence-electron chi connectivity index (χ0n) is 9.20. The molecule has 0 aromatic carbocycles. The van der Waals surface area contributed by atoms with Gasteiger partial charge in [-0.25, -0.2) is 9.97 Å². The van der Waals surface area contributed by atoms with Crippen LogP contribution in [0.5, 0.6) is 0 Å². The number of aromatic nitrogens is 3. The van der Waals surface area contributed by atoms with E-state index in [0.29, 0.717) is 0 Å². The Morgan fingerprint density at radius 2 is 2.33 bits per heavy atom. The summed E-state index contributed by atoms with van der Waals surface area (Å²) in [6.07, 6.45) is 2.91. The SMILES string of the molecule is CCCn1c(CNC)nc2cccnc21. The lowest BCUT2D eigenvalue weighted by atomic mass is 10.4. The van der Waals surface area contributed by atoms with Crippen LogP contribution in [0.25, 0.3) is 11.2 Å². The number of hydrogen-bond donors (Lipinski definition) is 1. The highest BCUT2D eigenvalue weighted by Gasteiger charge is 2.09. The van der Waals surface area contributed by atoms with Crippen molar-refractivity contribution in [1.82, 2.24) is 19.9 Å². The Morgan fingerprint density at radius 1 is 1.47 bits per heavy atom. The van der Waals surface area contributed by atoms with Crippen LogP contribution in [-0.4, -0.2) is 21.6 Å². The van der Waals surface area contributed by atoms with Crippen molar-refractivity contribution in [2.45, 2.75) is 26.4 Å². The summed E-state index contributed by atoms with van der Waals surface area (Å²) in [5.41, 5.74) is 1.97. The number of nitrogens with one attached hydrogen (secondary N) is 1. The molecule has 0 spiro atoms. The standard InChI is InChI=1S/C11H16N4/c1-3-7-15-10(8-12-2)14-9-5-4-6-13-11(9)15/h4-6,12H,3,7-8H2,1-2H3. The Kier molecular flexibility index (Phi) is 2.97. The molecule has 0 saturated carbocycles. The van der Waals surface area contributed by atoms with Crippen molar-refractivity contribution in [3.63, 3.8) is 0 Å². The van der Waals surface area contributed by atoms with Crippen LogP contribution in [0.3, 0.4) is 0 Å². The maximum absolute atomic E-state index is 4.56. The molecule has 0 fully saturated rings. The van der Waals surface area contributed by atoms with E-state index < -0.39 is 0 Å². The number of imidazole rings is 1. The quantitative estimate of drug-likeness (QED) is 0.822. The predicted molar refractivity (Wildman–Crippen MR) is 60.6 cm³/mol. The second-order valence-corrected chi connectivity index (χ2v) is 3.56. The summed E-state index contributed by atoms with van der Waals surface area (Å²) in [6, 6.07) is 3.93. The molecule has 1 N–H and O–H groups in total. The summed E-state index contributed by atoms with van der Waals surface area (Å²) in [4.78, 5) is 8.93. The van der Waals surface area contributed by atoms with Gasteiger partial charge < -0.3 is 9.88 Å². The largest absolute Gasteiger partial charge is 0.313 e. The van der Waals surface area contributed by atoms with Gasteiger partial charge in [-0.2, -0.15) is 0 Å². The fourth-order valence-corrected chi connectivity index (χ4v) is 1.76. The molecule has 0 aliphatic carbocycles. The Morgan fingerprint density at radius 3 is 3.07 bits per heavy atom. The van der Waals surface area contributed by atoms with Gasteiger partial charge >= 0.3 is 0 Å². The smallest absolute Gasteiger partial charge is 0.160 e. The van der Waals surface area contributed by atoms with Crippen LogP contribution in [0.4, 0.5) is 0 Å². The molecule has 0 unspecified atom stereocenters. The van der Waals surface area contributed by atoms with Gasteiger partial charge in [0.1, 0.15) is 11.3 Å². The molecular weight excluding hydrogens is 188 g/mol. The summed E-state index contributed by atoms with van der Waals surface area (Å²) in [6.45, 7) is 3.93. The van der Waals surface area contributed by atoms with Gasteiger partial charge in [0.25, 0.3) is 0 Å². The van der Waals surface area contributed by atoms with E-state index in [4.69, 9.17) is 0 Å². The second-order valence-electron chi connectivity index (χ2n) is 3.56. The Hall–Kier alpha value is -1.42. The lowest BCUT2D eigenvalue weighted by molar-refractivity contribution is 0.625. The monoisotopic (exact) mass is 204 g/mol. The van der Waals surface area contributed by atoms with Crippen molar-refractivity contribution in [2.75, 3.05) is 7.05 Å². The molecular formula is C11H16N4. The third kappa shape index (κ3) is 1.85. The molecule has 2 aromatic rings. The van der Waals surface area contributed by atoms with Crippen molar-refractivity contribution >= 4 is 11.2 Å². The van der Waals surface area contributed by atoms with Gasteiger partial charge in [-0.05, 0) is 25.6 Å². The fourth-order valence-electron chi connectivity index (χ4n) is 1.76. The van der Waals surface area contributed by atoms with Crippen LogP contribution in [0.15, 0.2) is 18.3 Å². The summed E-state index contributed by atoms with van der Waals surface area (Å²) < 4.78 is 2.19. The van der Waals surface area contributed by atoms with Crippen molar-refractivity contribution in [3.05, 3.63) is 24.2 Å². The average Bonchev–Trinajstić information content (AvgIpc) is 2.59. The summed E-state index contributed by atoms with van der Waals surface area (Å²) in [7, 11) is 1.93. The Bertz CT molecular complexity index is 447. The summed E-state index contributed by atoms with van der Waals surface area (Å²) >= 11 is 0. The number of hydrogen-bond acceptors (Lipinski definition) is 3. The molecule has 2 aromatic heterocycles. The number of nitrogens with zero attached hydrogens (tertiary/aromatic N) is 3. The second kappa shape index (κ2) is 4.40. The maximum atomic E-state index is 4.56. The highest BCUT2D eigenvalue weighted by molar-refractivity contribution is 5.71. The third-order valence-corrected chi connectivity index (χ3v) is 2.36. The minimum absolute atomic E-state index is 0.788. The molecule has 80 valence electrons. The van der Waals surface area contributed by atoms with E-state index in [-0.39, 0.29) is 0 Å². The van der Waals surface area contributed by atoms with Gasteiger partial charge in [-0.15, -0.1) is 0 Å². The van der Waals surface area contributed by atoms with Crippen LogP contribution < -0.4 is 5.32 Å². The van der Waals surface area contributed by atoms with Gasteiger partial charge in [0.05, 0.1) is 6.54 Å². The molecule has 0 aliphatic heterocycles. The van der Waals surface area contributed by atoms with E-state index in [0.717, 1.165) is 36.5 Å². The minimum atomic E-state index is 0.788. The number of pyridine rings is 1. The van der Waals surface area contributed by atoms with Crippen molar-refractivity contribution in [3.8, 4) is 0 Å². The van der Waals surface area contributed by atoms with Crippen LogP contribution in [-0.2, 0) is 13.1 Å². The Balaban J connectivity index is 2.53. The first-order chi connectivity index (χ1) is 7.36. The topological polar surface area (TPSA) is 42.7 Å². The molecule has 2 heterocycles. The van der Waals surface area contributed by atoms with Gasteiger partial charge in [-0.1, -0.05) is 6.92 Å². The van der Waals surface area contributed by atoms with E-state index >= 15 is 0 Å². The Labute approximate surface area is 89.3 Å². The van der Waals surface area contributed by atoms with E-state index in [1.165, 1.54) is 0 Å². The average molecular weight is 204 g/mol. The molecule has 0 amide bonds. The number of fused-ring (bicyclic) bond motifs is 1. The lowest BCUT2D eigenvalue weighted by Crippen LogP contribution is -2.12. The zero-order valence-corrected chi connectivity index (χ0v) is 9.20. The molecule has 0 bridgehead atoms. The van der Waals surface area contributed by atoms with E-state index in [1.54, 1.807) is 0 Å². The van der Waals surface area contributed by atoms with E-state index in [1.807, 2.05) is 25.4 Å². The number of aryl methyl sites for hydroxylation is 1. The van der Waals surface area contributed by atoms with E-state index in [2.05, 4.69) is 26.8 Å². The van der Waals surface area contributed by atoms with Gasteiger partial charge in [0, 0.05) is 12.7 Å². The lowest BCUT2D eigenvalue weighted by Gasteiger charge is -2.05. The van der Waals surface area contributed by atoms with Crippen molar-refractivity contribution in [1.29, 1.82) is 0 Å². The zero-order chi connectivity index (χ0) is 10.7. The molecule has 0 aliphatic rings. The maximum Gasteiger partial charge on any atom is 0.160 e. The summed E-state index contributed by atoms with van der Waals surface area (Å²) in [5.74, 6) is 1.06. The first kappa shape index (κ1) is 10.1. The van der Waals surface area contributed by atoms with Gasteiger partial charge in [0.15, 0.2) is 5.65 Å². The molecule has 4 heteroatoms. The molecule has 0 atom stereocenters. The van der Waals surface area contributed by atoms with Crippen molar-refractivity contribution in [2.24, 2.45) is 0 Å². The summed E-state index contributed by atoms with van der Waals surface area (Å²) in [5, 5.41) is 3.13. The van der Waals surface area contributed by atoms with Crippen LogP contribution in [0.1, 0.15) is 19.2 Å². The number of rotatable bonds is 4. The predicted octanol–water partition coefficient (Wildman–Crippen LogP) is 1.56. The molecule has 0 saturated heterocycles. The van der Waals surface area contributed by atoms with Gasteiger partial charge in [0.2, 0.25) is 0 Å². The first-order valence-corrected chi connectivity index (χ1v) is 5.31. The third-order valence-electron chi connectivity index (χ3n) is 2.36. The van der Waals surface area contributed by atoms with Crippen LogP contribution in [0.2, 0.25) is 0 Å². The van der Waals surface area contributed by atoms with Gasteiger partial charge in [-0.3, -0.25) is 0 Å². The van der Waals surface area contributed by atoms with Crippen molar-refractivity contribution < 1.29 is 0 Å². The highest BCUT2D eigenvalue weighted by atomic mass is 15.1. The first-order valence-electron chi connectivity index (χ1n) is 5.31. The van der Waals surface area contributed by atoms with Crippen LogP contribution >= 0.6 is 0 Å². The minimum Gasteiger partial charge on any atom is -0.313 e. The molecule has 2 rings (SSSR count). The van der Waals surface area contributed by atoms with E-state index in [9.17, 15) is 0 Å². The van der Waals surface area contributed by atoms with Crippen LogP contribution in [0, 0.1) is 0 Å². The molecule has 15 heavy (non-hydrogen) atoms. The highest BCUT2D eigenvalue weighted by Crippen LogP contribution is 2.13.